The average Bonchev–Trinajstić information content (AvgIpc) is 3.60. The molecular weight excluding hydrogens is 444 g/mol. The normalized spacial score (nSPS) is 15.7. The predicted molar refractivity (Wildman–Crippen MR) is 120 cm³/mol. The third-order valence-corrected chi connectivity index (χ3v) is 5.87. The number of halogens is 2. The molecule has 4 heterocycles. The van der Waals surface area contributed by atoms with Gasteiger partial charge in [-0.25, -0.2) is 9.37 Å². The Labute approximate surface area is 193 Å². The molecule has 34 heavy (non-hydrogen) atoms. The first-order chi connectivity index (χ1) is 16.5. The Morgan fingerprint density at radius 3 is 2.85 bits per heavy atom. The Balaban J connectivity index is 1.43. The number of nitrogens with two attached hydrogens (primary N) is 1. The molecule has 5 rings (SSSR count). The van der Waals surface area contributed by atoms with E-state index in [4.69, 9.17) is 10.5 Å². The van der Waals surface area contributed by atoms with Gasteiger partial charge in [0.05, 0.1) is 18.4 Å². The van der Waals surface area contributed by atoms with E-state index in [1.165, 1.54) is 12.1 Å². The van der Waals surface area contributed by atoms with Crippen LogP contribution in [0.25, 0.3) is 28.2 Å². The zero-order valence-electron chi connectivity index (χ0n) is 18.4. The molecule has 3 aromatic heterocycles. The first-order valence-electron chi connectivity index (χ1n) is 10.9. The summed E-state index contributed by atoms with van der Waals surface area (Å²) in [5, 5.41) is 18.9. The van der Waals surface area contributed by atoms with E-state index in [-0.39, 0.29) is 23.1 Å². The molecule has 0 radical (unpaired) electrons. The minimum Gasteiger partial charge on any atom is -0.490 e. The zero-order valence-corrected chi connectivity index (χ0v) is 18.4. The molecule has 0 amide bonds. The molecule has 0 bridgehead atoms. The molecule has 1 aliphatic heterocycles. The fourth-order valence-corrected chi connectivity index (χ4v) is 3.99. The summed E-state index contributed by atoms with van der Waals surface area (Å²) in [6.45, 7) is 2.20. The van der Waals surface area contributed by atoms with Gasteiger partial charge in [0.25, 0.3) is 0 Å². The van der Waals surface area contributed by atoms with Gasteiger partial charge in [0.1, 0.15) is 11.5 Å². The molecule has 1 aliphatic rings. The van der Waals surface area contributed by atoms with E-state index in [0.29, 0.717) is 18.1 Å². The molecule has 4 aromatic rings. The Morgan fingerprint density at radius 2 is 2.09 bits per heavy atom. The van der Waals surface area contributed by atoms with Crippen molar-refractivity contribution in [1.82, 2.24) is 40.3 Å². The van der Waals surface area contributed by atoms with Crippen LogP contribution in [0, 0.1) is 17.6 Å². The molecule has 3 N–H and O–H groups in total. The predicted octanol–water partition coefficient (Wildman–Crippen LogP) is 2.36. The van der Waals surface area contributed by atoms with Crippen molar-refractivity contribution in [3.8, 4) is 34.0 Å². The number of aromatic nitrogens is 7. The van der Waals surface area contributed by atoms with Gasteiger partial charge in [-0.15, -0.1) is 5.10 Å². The SMILES string of the molecule is Cn1cc(-c2cnc(N)c(-c3nnnn3-c3ccc(OCCC4CCNC4)c(F)c3F)c2)cn1. The Kier molecular flexibility index (Phi) is 5.88. The maximum absolute atomic E-state index is 15.1. The highest BCUT2D eigenvalue weighted by molar-refractivity contribution is 5.76. The molecular formula is C22H23F2N9O. The second kappa shape index (κ2) is 9.14. The van der Waals surface area contributed by atoms with Gasteiger partial charge in [0, 0.05) is 30.6 Å². The van der Waals surface area contributed by atoms with Crippen LogP contribution >= 0.6 is 0 Å². The molecule has 176 valence electrons. The molecule has 10 nitrogen and oxygen atoms in total. The first kappa shape index (κ1) is 21.9. The quantitative estimate of drug-likeness (QED) is 0.425. The van der Waals surface area contributed by atoms with Crippen molar-refractivity contribution in [2.45, 2.75) is 12.8 Å². The number of hydrogen-bond acceptors (Lipinski definition) is 8. The molecule has 0 aliphatic carbocycles. The van der Waals surface area contributed by atoms with Crippen LogP contribution in [0.1, 0.15) is 12.8 Å². The van der Waals surface area contributed by atoms with Crippen molar-refractivity contribution in [1.29, 1.82) is 0 Å². The van der Waals surface area contributed by atoms with Crippen LogP contribution in [-0.2, 0) is 7.05 Å². The molecule has 1 fully saturated rings. The number of nitrogen functional groups attached to an aromatic ring is 1. The minimum absolute atomic E-state index is 0.122. The number of aryl methyl sites for hydroxylation is 1. The fraction of sp³-hybridized carbons (Fsp3) is 0.318. The van der Waals surface area contributed by atoms with Crippen molar-refractivity contribution >= 4 is 5.82 Å². The van der Waals surface area contributed by atoms with Crippen LogP contribution in [-0.4, -0.2) is 54.7 Å². The second-order valence-electron chi connectivity index (χ2n) is 8.18. The number of tetrazole rings is 1. The van der Waals surface area contributed by atoms with Crippen LogP contribution < -0.4 is 15.8 Å². The van der Waals surface area contributed by atoms with Gasteiger partial charge in [-0.3, -0.25) is 4.68 Å². The fourth-order valence-electron chi connectivity index (χ4n) is 3.99. The molecule has 1 atom stereocenters. The lowest BCUT2D eigenvalue weighted by Crippen LogP contribution is -2.12. The standard InChI is InChI=1S/C22H23F2N9O/c1-32-12-15(11-28-32)14-8-16(21(25)27-10-14)22-29-30-31-33(22)17-2-3-18(20(24)19(17)23)34-7-5-13-4-6-26-9-13/h2-3,8,10-13,26H,4-7,9H2,1H3,(H2,25,27). The summed E-state index contributed by atoms with van der Waals surface area (Å²) in [4.78, 5) is 4.22. The monoisotopic (exact) mass is 467 g/mol. The lowest BCUT2D eigenvalue weighted by atomic mass is 10.1. The number of anilines is 1. The number of pyridine rings is 1. The highest BCUT2D eigenvalue weighted by atomic mass is 19.2. The van der Waals surface area contributed by atoms with Crippen molar-refractivity contribution in [2.24, 2.45) is 13.0 Å². The largest absolute Gasteiger partial charge is 0.490 e. The van der Waals surface area contributed by atoms with E-state index < -0.39 is 11.6 Å². The van der Waals surface area contributed by atoms with Crippen molar-refractivity contribution < 1.29 is 13.5 Å². The summed E-state index contributed by atoms with van der Waals surface area (Å²) in [6.07, 6.45) is 6.92. The Morgan fingerprint density at radius 1 is 1.21 bits per heavy atom. The van der Waals surface area contributed by atoms with Crippen molar-refractivity contribution in [2.75, 3.05) is 25.4 Å². The molecule has 1 unspecified atom stereocenters. The lowest BCUT2D eigenvalue weighted by molar-refractivity contribution is 0.267. The van der Waals surface area contributed by atoms with Crippen LogP contribution in [0.4, 0.5) is 14.6 Å². The third kappa shape index (κ3) is 4.19. The molecule has 12 heteroatoms. The summed E-state index contributed by atoms with van der Waals surface area (Å²) in [5.41, 5.74) is 7.81. The zero-order chi connectivity index (χ0) is 23.7. The minimum atomic E-state index is -1.12. The van der Waals surface area contributed by atoms with Crippen molar-refractivity contribution in [3.05, 3.63) is 48.4 Å². The Hall–Kier alpha value is -3.93. The van der Waals surface area contributed by atoms with Gasteiger partial charge in [-0.2, -0.15) is 14.2 Å². The average molecular weight is 467 g/mol. The summed E-state index contributed by atoms with van der Waals surface area (Å²) in [7, 11) is 1.80. The summed E-state index contributed by atoms with van der Waals surface area (Å²) in [6, 6.07) is 4.48. The Bertz CT molecular complexity index is 1310. The van der Waals surface area contributed by atoms with Crippen LogP contribution in [0.3, 0.4) is 0 Å². The summed E-state index contributed by atoms with van der Waals surface area (Å²) >= 11 is 0. The molecule has 0 spiro atoms. The highest BCUT2D eigenvalue weighted by Crippen LogP contribution is 2.31. The van der Waals surface area contributed by atoms with Gasteiger partial charge in [0.2, 0.25) is 5.82 Å². The summed E-state index contributed by atoms with van der Waals surface area (Å²) in [5.74, 6) is -1.62. The van der Waals surface area contributed by atoms with E-state index in [0.717, 1.165) is 41.7 Å². The number of benzene rings is 1. The van der Waals surface area contributed by atoms with Crippen molar-refractivity contribution in [3.63, 3.8) is 0 Å². The smallest absolute Gasteiger partial charge is 0.202 e. The van der Waals surface area contributed by atoms with E-state index in [2.05, 4.69) is 30.9 Å². The van der Waals surface area contributed by atoms with Crippen LogP contribution in [0.15, 0.2) is 36.8 Å². The second-order valence-corrected chi connectivity index (χ2v) is 8.18. The molecule has 1 saturated heterocycles. The number of ether oxygens (including phenoxy) is 1. The van der Waals surface area contributed by atoms with Gasteiger partial charge in [-0.1, -0.05) is 0 Å². The van der Waals surface area contributed by atoms with Crippen LogP contribution in [0.2, 0.25) is 0 Å². The maximum Gasteiger partial charge on any atom is 0.202 e. The van der Waals surface area contributed by atoms with Gasteiger partial charge >= 0.3 is 0 Å². The van der Waals surface area contributed by atoms with E-state index in [1.54, 1.807) is 30.2 Å². The van der Waals surface area contributed by atoms with Gasteiger partial charge in [-0.05, 0) is 60.5 Å². The lowest BCUT2D eigenvalue weighted by Gasteiger charge is -2.13. The number of hydrogen-bond donors (Lipinski definition) is 2. The third-order valence-electron chi connectivity index (χ3n) is 5.87. The van der Waals surface area contributed by atoms with E-state index in [9.17, 15) is 4.39 Å². The number of nitrogens with one attached hydrogen (secondary N) is 1. The first-order valence-corrected chi connectivity index (χ1v) is 10.9. The molecule has 1 aromatic carbocycles. The highest BCUT2D eigenvalue weighted by Gasteiger charge is 2.22. The van der Waals surface area contributed by atoms with E-state index >= 15 is 4.39 Å². The van der Waals surface area contributed by atoms with Crippen LogP contribution in [0.5, 0.6) is 5.75 Å². The number of rotatable bonds is 7. The molecule has 0 saturated carbocycles. The summed E-state index contributed by atoms with van der Waals surface area (Å²) < 4.78 is 38.1. The van der Waals surface area contributed by atoms with E-state index in [1.807, 2.05) is 6.20 Å². The maximum atomic E-state index is 15.1. The van der Waals surface area contributed by atoms with Gasteiger partial charge in [0.15, 0.2) is 17.4 Å². The topological polar surface area (TPSA) is 122 Å². The van der Waals surface area contributed by atoms with Gasteiger partial charge < -0.3 is 15.8 Å². The number of nitrogens with zero attached hydrogens (tertiary/aromatic N) is 7.